The highest BCUT2D eigenvalue weighted by Crippen LogP contribution is 2.32. The first-order chi connectivity index (χ1) is 6.34. The Kier molecular flexibility index (Phi) is 13.5. The Morgan fingerprint density at radius 2 is 1.85 bits per heavy atom. The minimum absolute atomic E-state index is 0.711. The standard InChI is InChI=1S/C8H14O.C2H6.CH4O/c1-7-3-2-4-8(7)5-6-9;2*1-2/h6-8H,2-5H2,1H3;1-2H3;2H,1H3. The number of carbonyl (C=O) groups is 1. The SMILES string of the molecule is CC.CC1CCCC1CC=O.CO. The lowest BCUT2D eigenvalue weighted by Crippen LogP contribution is -2.03. The topological polar surface area (TPSA) is 37.3 Å². The van der Waals surface area contributed by atoms with E-state index in [1.165, 1.54) is 19.3 Å². The van der Waals surface area contributed by atoms with E-state index in [9.17, 15) is 4.79 Å². The average molecular weight is 188 g/mol. The van der Waals surface area contributed by atoms with Gasteiger partial charge in [0.05, 0.1) is 0 Å². The van der Waals surface area contributed by atoms with E-state index in [-0.39, 0.29) is 0 Å². The summed E-state index contributed by atoms with van der Waals surface area (Å²) in [6.45, 7) is 6.25. The van der Waals surface area contributed by atoms with Gasteiger partial charge in [-0.2, -0.15) is 0 Å². The zero-order chi connectivity index (χ0) is 10.7. The van der Waals surface area contributed by atoms with Crippen LogP contribution in [-0.4, -0.2) is 18.5 Å². The van der Waals surface area contributed by atoms with E-state index < -0.39 is 0 Å². The molecule has 0 heterocycles. The summed E-state index contributed by atoms with van der Waals surface area (Å²) in [6.07, 6.45) is 5.80. The van der Waals surface area contributed by atoms with Crippen molar-refractivity contribution in [3.63, 3.8) is 0 Å². The summed E-state index contributed by atoms with van der Waals surface area (Å²) in [7, 11) is 1.00. The fourth-order valence-electron chi connectivity index (χ4n) is 1.70. The molecule has 0 aromatic heterocycles. The van der Waals surface area contributed by atoms with Gasteiger partial charge in [0.1, 0.15) is 6.29 Å². The Labute approximate surface area is 82.4 Å². The number of hydrogen-bond acceptors (Lipinski definition) is 2. The Bertz CT molecular complexity index is 102. The van der Waals surface area contributed by atoms with Gasteiger partial charge in [0.2, 0.25) is 0 Å². The number of hydrogen-bond donors (Lipinski definition) is 1. The molecule has 0 bridgehead atoms. The van der Waals surface area contributed by atoms with E-state index in [0.29, 0.717) is 5.92 Å². The van der Waals surface area contributed by atoms with Crippen molar-refractivity contribution in [2.75, 3.05) is 7.11 Å². The van der Waals surface area contributed by atoms with Crippen LogP contribution in [0.15, 0.2) is 0 Å². The predicted molar refractivity (Wildman–Crippen MR) is 56.7 cm³/mol. The van der Waals surface area contributed by atoms with Crippen LogP contribution >= 0.6 is 0 Å². The normalized spacial score (nSPS) is 25.0. The van der Waals surface area contributed by atoms with Gasteiger partial charge in [-0.25, -0.2) is 0 Å². The van der Waals surface area contributed by atoms with Crippen molar-refractivity contribution in [1.82, 2.24) is 0 Å². The van der Waals surface area contributed by atoms with Crippen LogP contribution in [0.2, 0.25) is 0 Å². The maximum absolute atomic E-state index is 10.1. The van der Waals surface area contributed by atoms with E-state index in [4.69, 9.17) is 5.11 Å². The fourth-order valence-corrected chi connectivity index (χ4v) is 1.70. The second kappa shape index (κ2) is 11.6. The van der Waals surface area contributed by atoms with Gasteiger partial charge in [0.25, 0.3) is 0 Å². The molecule has 2 heteroatoms. The second-order valence-electron chi connectivity index (χ2n) is 3.07. The van der Waals surface area contributed by atoms with Crippen LogP contribution in [0.5, 0.6) is 0 Å². The molecule has 0 saturated heterocycles. The van der Waals surface area contributed by atoms with E-state index in [1.54, 1.807) is 0 Å². The largest absolute Gasteiger partial charge is 0.400 e. The molecular formula is C11H24O2. The number of rotatable bonds is 2. The fraction of sp³-hybridized carbons (Fsp3) is 0.909. The number of carbonyl (C=O) groups excluding carboxylic acids is 1. The molecule has 1 aliphatic rings. The van der Waals surface area contributed by atoms with Gasteiger partial charge in [-0.15, -0.1) is 0 Å². The third-order valence-electron chi connectivity index (χ3n) is 2.44. The summed E-state index contributed by atoms with van der Waals surface area (Å²) in [5.74, 6) is 1.51. The third kappa shape index (κ3) is 6.76. The minimum atomic E-state index is 0.711. The molecule has 1 rings (SSSR count). The molecule has 0 radical (unpaired) electrons. The van der Waals surface area contributed by atoms with Gasteiger partial charge in [-0.1, -0.05) is 33.6 Å². The summed E-state index contributed by atoms with van der Waals surface area (Å²) >= 11 is 0. The van der Waals surface area contributed by atoms with Gasteiger partial charge in [-0.3, -0.25) is 0 Å². The third-order valence-corrected chi connectivity index (χ3v) is 2.44. The summed E-state index contributed by atoms with van der Waals surface area (Å²) < 4.78 is 0. The van der Waals surface area contributed by atoms with Gasteiger partial charge >= 0.3 is 0 Å². The molecule has 1 N–H and O–H groups in total. The first kappa shape index (κ1) is 15.1. The molecule has 2 unspecified atom stereocenters. The van der Waals surface area contributed by atoms with Crippen molar-refractivity contribution in [1.29, 1.82) is 0 Å². The van der Waals surface area contributed by atoms with Gasteiger partial charge < -0.3 is 9.90 Å². The zero-order valence-corrected chi connectivity index (χ0v) is 9.42. The summed E-state index contributed by atoms with van der Waals surface area (Å²) in [6, 6.07) is 0. The van der Waals surface area contributed by atoms with Crippen molar-refractivity contribution in [2.24, 2.45) is 11.8 Å². The predicted octanol–water partition coefficient (Wildman–Crippen LogP) is 2.65. The summed E-state index contributed by atoms with van der Waals surface area (Å²) in [5, 5.41) is 7.00. The maximum atomic E-state index is 10.1. The molecule has 1 fully saturated rings. The van der Waals surface area contributed by atoms with E-state index in [2.05, 4.69) is 6.92 Å². The lowest BCUT2D eigenvalue weighted by molar-refractivity contribution is -0.108. The van der Waals surface area contributed by atoms with Crippen molar-refractivity contribution >= 4 is 6.29 Å². The first-order valence-corrected chi connectivity index (χ1v) is 5.23. The molecule has 0 aliphatic heterocycles. The lowest BCUT2D eigenvalue weighted by atomic mass is 9.96. The van der Waals surface area contributed by atoms with E-state index >= 15 is 0 Å². The molecular weight excluding hydrogens is 164 g/mol. The summed E-state index contributed by atoms with van der Waals surface area (Å²) in [5.41, 5.74) is 0. The number of aliphatic hydroxyl groups excluding tert-OH is 1. The molecule has 13 heavy (non-hydrogen) atoms. The monoisotopic (exact) mass is 188 g/mol. The quantitative estimate of drug-likeness (QED) is 0.676. The van der Waals surface area contributed by atoms with Crippen LogP contribution < -0.4 is 0 Å². The van der Waals surface area contributed by atoms with Gasteiger partial charge in [0, 0.05) is 13.5 Å². The average Bonchev–Trinajstić information content (AvgIpc) is 2.60. The number of aliphatic hydroxyl groups is 1. The highest BCUT2D eigenvalue weighted by molar-refractivity contribution is 5.49. The molecule has 1 aliphatic carbocycles. The lowest BCUT2D eigenvalue weighted by Gasteiger charge is -2.09. The molecule has 0 aromatic rings. The number of aldehydes is 1. The van der Waals surface area contributed by atoms with Crippen LogP contribution in [-0.2, 0) is 4.79 Å². The van der Waals surface area contributed by atoms with Crippen LogP contribution in [0.3, 0.4) is 0 Å². The molecule has 2 nitrogen and oxygen atoms in total. The van der Waals surface area contributed by atoms with Gasteiger partial charge in [0.15, 0.2) is 0 Å². The highest BCUT2D eigenvalue weighted by Gasteiger charge is 2.21. The van der Waals surface area contributed by atoms with E-state index in [1.807, 2.05) is 13.8 Å². The Morgan fingerprint density at radius 1 is 1.31 bits per heavy atom. The molecule has 0 amide bonds. The smallest absolute Gasteiger partial charge is 0.120 e. The van der Waals surface area contributed by atoms with Crippen molar-refractivity contribution in [2.45, 2.75) is 46.5 Å². The molecule has 0 aromatic carbocycles. The van der Waals surface area contributed by atoms with Crippen LogP contribution in [0.4, 0.5) is 0 Å². The molecule has 0 spiro atoms. The molecule has 80 valence electrons. The second-order valence-corrected chi connectivity index (χ2v) is 3.07. The summed E-state index contributed by atoms with van der Waals surface area (Å²) in [4.78, 5) is 10.1. The first-order valence-electron chi connectivity index (χ1n) is 5.23. The van der Waals surface area contributed by atoms with Crippen LogP contribution in [0.1, 0.15) is 46.5 Å². The van der Waals surface area contributed by atoms with Crippen LogP contribution in [0.25, 0.3) is 0 Å². The van der Waals surface area contributed by atoms with Crippen molar-refractivity contribution in [3.8, 4) is 0 Å². The maximum Gasteiger partial charge on any atom is 0.120 e. The molecule has 1 saturated carbocycles. The van der Waals surface area contributed by atoms with Gasteiger partial charge in [-0.05, 0) is 18.3 Å². The van der Waals surface area contributed by atoms with Crippen molar-refractivity contribution < 1.29 is 9.90 Å². The van der Waals surface area contributed by atoms with E-state index in [0.717, 1.165) is 25.7 Å². The van der Waals surface area contributed by atoms with Crippen LogP contribution in [0, 0.1) is 11.8 Å². The minimum Gasteiger partial charge on any atom is -0.400 e. The Morgan fingerprint density at radius 3 is 2.15 bits per heavy atom. The van der Waals surface area contributed by atoms with Crippen molar-refractivity contribution in [3.05, 3.63) is 0 Å². The Balaban J connectivity index is 0. The molecule has 2 atom stereocenters. The highest BCUT2D eigenvalue weighted by atomic mass is 16.2. The Hall–Kier alpha value is -0.370. The zero-order valence-electron chi connectivity index (χ0n) is 9.42.